The van der Waals surface area contributed by atoms with Crippen LogP contribution in [0.5, 0.6) is 0 Å². The highest BCUT2D eigenvalue weighted by molar-refractivity contribution is 6.30. The van der Waals surface area contributed by atoms with Crippen LogP contribution in [0.4, 0.5) is 0 Å². The maximum absolute atomic E-state index is 5.70. The number of hydrogen-bond donors (Lipinski definition) is 0. The molecule has 0 heterocycles. The summed E-state index contributed by atoms with van der Waals surface area (Å²) in [6.07, 6.45) is 1.55. The molecule has 0 aliphatic carbocycles. The lowest BCUT2D eigenvalue weighted by Gasteiger charge is -1.91. The Morgan fingerprint density at radius 1 is 1.73 bits per heavy atom. The molecule has 1 rings (SSSR count). The summed E-state index contributed by atoms with van der Waals surface area (Å²) in [6.45, 7) is 0. The second-order valence-electron chi connectivity index (χ2n) is 1.88. The molecule has 0 aliphatic heterocycles. The van der Waals surface area contributed by atoms with Gasteiger partial charge in [-0.3, -0.25) is 0 Å². The van der Waals surface area contributed by atoms with Gasteiger partial charge in [0.2, 0.25) is 0 Å². The molecular formula is C8H7ClNO. The predicted octanol–water partition coefficient (Wildman–Crippen LogP) is 2.12. The highest BCUT2D eigenvalue weighted by Crippen LogP contribution is 2.07. The first-order valence-corrected chi connectivity index (χ1v) is 3.44. The summed E-state index contributed by atoms with van der Waals surface area (Å²) in [5.74, 6) is 0. The van der Waals surface area contributed by atoms with Gasteiger partial charge in [-0.15, -0.1) is 0 Å². The zero-order valence-electron chi connectivity index (χ0n) is 6.04. The summed E-state index contributed by atoms with van der Waals surface area (Å²) in [5.41, 5.74) is 0.805. The van der Waals surface area contributed by atoms with E-state index in [1.807, 2.05) is 0 Å². The molecule has 0 fully saturated rings. The summed E-state index contributed by atoms with van der Waals surface area (Å²) >= 11 is 5.70. The first-order chi connectivity index (χ1) is 5.33. The van der Waals surface area contributed by atoms with Crippen molar-refractivity contribution in [1.82, 2.24) is 0 Å². The molecule has 11 heavy (non-hydrogen) atoms. The highest BCUT2D eigenvalue weighted by atomic mass is 35.5. The third-order valence-corrected chi connectivity index (χ3v) is 1.32. The van der Waals surface area contributed by atoms with Crippen molar-refractivity contribution in [3.63, 3.8) is 0 Å². The lowest BCUT2D eigenvalue weighted by molar-refractivity contribution is 0.215. The maximum Gasteiger partial charge on any atom is 0.106 e. The summed E-state index contributed by atoms with van der Waals surface area (Å²) in [6, 6.07) is 8.18. The molecule has 0 saturated heterocycles. The van der Waals surface area contributed by atoms with Crippen molar-refractivity contribution in [2.24, 2.45) is 5.16 Å². The number of rotatable bonds is 2. The molecule has 1 aromatic rings. The molecule has 1 aromatic carbocycles. The normalized spacial score (nSPS) is 10.4. The van der Waals surface area contributed by atoms with Crippen molar-refractivity contribution in [2.75, 3.05) is 7.11 Å². The Kier molecular flexibility index (Phi) is 2.93. The zero-order chi connectivity index (χ0) is 8.10. The molecular weight excluding hydrogens is 162 g/mol. The molecule has 0 saturated carbocycles. The summed E-state index contributed by atoms with van der Waals surface area (Å²) in [4.78, 5) is 4.49. The molecule has 0 bridgehead atoms. The molecule has 0 N–H and O–H groups in total. The lowest BCUT2D eigenvalue weighted by atomic mass is 10.2. The molecule has 2 nitrogen and oxygen atoms in total. The van der Waals surface area contributed by atoms with Crippen molar-refractivity contribution >= 4 is 17.8 Å². The van der Waals surface area contributed by atoms with E-state index in [0.29, 0.717) is 5.02 Å². The van der Waals surface area contributed by atoms with Gasteiger partial charge in [-0.1, -0.05) is 22.8 Å². The number of benzene rings is 1. The van der Waals surface area contributed by atoms with Crippen LogP contribution >= 0.6 is 11.6 Å². The van der Waals surface area contributed by atoms with Crippen LogP contribution in [0.25, 0.3) is 0 Å². The van der Waals surface area contributed by atoms with Gasteiger partial charge >= 0.3 is 0 Å². The number of halogens is 1. The van der Waals surface area contributed by atoms with Crippen molar-refractivity contribution in [1.29, 1.82) is 0 Å². The monoisotopic (exact) mass is 168 g/mol. The fraction of sp³-hybridized carbons (Fsp3) is 0.125. The van der Waals surface area contributed by atoms with Gasteiger partial charge in [-0.05, 0) is 18.2 Å². The summed E-state index contributed by atoms with van der Waals surface area (Å²) < 4.78 is 0. The van der Waals surface area contributed by atoms with Crippen molar-refractivity contribution in [3.05, 3.63) is 34.9 Å². The zero-order valence-corrected chi connectivity index (χ0v) is 6.80. The summed E-state index contributed by atoms with van der Waals surface area (Å²) in [5, 5.41) is 4.24. The van der Waals surface area contributed by atoms with Crippen LogP contribution in [0.15, 0.2) is 23.4 Å². The third kappa shape index (κ3) is 2.60. The Balaban J connectivity index is 2.79. The van der Waals surface area contributed by atoms with Gasteiger partial charge in [0.25, 0.3) is 0 Å². The van der Waals surface area contributed by atoms with Crippen LogP contribution in [-0.2, 0) is 4.84 Å². The van der Waals surface area contributed by atoms with E-state index in [2.05, 4.69) is 16.1 Å². The second kappa shape index (κ2) is 3.98. The van der Waals surface area contributed by atoms with Gasteiger partial charge in [0.05, 0.1) is 6.21 Å². The van der Waals surface area contributed by atoms with Gasteiger partial charge in [0, 0.05) is 10.6 Å². The van der Waals surface area contributed by atoms with Crippen LogP contribution in [0.3, 0.4) is 0 Å². The van der Waals surface area contributed by atoms with E-state index in [4.69, 9.17) is 11.6 Å². The van der Waals surface area contributed by atoms with Crippen molar-refractivity contribution in [3.8, 4) is 0 Å². The molecule has 0 unspecified atom stereocenters. The average Bonchev–Trinajstić information content (AvgIpc) is 2.01. The number of nitrogens with zero attached hydrogens (tertiary/aromatic N) is 1. The number of oxime groups is 1. The van der Waals surface area contributed by atoms with E-state index in [0.717, 1.165) is 5.56 Å². The summed E-state index contributed by atoms with van der Waals surface area (Å²) in [7, 11) is 1.49. The van der Waals surface area contributed by atoms with Crippen molar-refractivity contribution < 1.29 is 4.84 Å². The average molecular weight is 169 g/mol. The lowest BCUT2D eigenvalue weighted by Crippen LogP contribution is -1.80. The van der Waals surface area contributed by atoms with Gasteiger partial charge in [0.15, 0.2) is 0 Å². The minimum Gasteiger partial charge on any atom is -0.399 e. The fourth-order valence-corrected chi connectivity index (χ4v) is 0.820. The smallest absolute Gasteiger partial charge is 0.106 e. The van der Waals surface area contributed by atoms with E-state index in [9.17, 15) is 0 Å². The maximum atomic E-state index is 5.70. The van der Waals surface area contributed by atoms with Crippen LogP contribution in [-0.4, -0.2) is 13.3 Å². The van der Waals surface area contributed by atoms with E-state index in [1.54, 1.807) is 24.4 Å². The Labute approximate surface area is 70.4 Å². The van der Waals surface area contributed by atoms with Crippen LogP contribution in [0.2, 0.25) is 5.02 Å². The quantitative estimate of drug-likeness (QED) is 0.490. The minimum atomic E-state index is 0.668. The van der Waals surface area contributed by atoms with Gasteiger partial charge in [-0.25, -0.2) is 0 Å². The molecule has 3 heteroatoms. The van der Waals surface area contributed by atoms with Gasteiger partial charge in [-0.2, -0.15) is 0 Å². The minimum absolute atomic E-state index is 0.668. The molecule has 1 radical (unpaired) electrons. The predicted molar refractivity (Wildman–Crippen MR) is 44.9 cm³/mol. The van der Waals surface area contributed by atoms with E-state index in [-0.39, 0.29) is 0 Å². The van der Waals surface area contributed by atoms with Gasteiger partial charge in [0.1, 0.15) is 7.11 Å². The third-order valence-electron chi connectivity index (χ3n) is 1.08. The second-order valence-corrected chi connectivity index (χ2v) is 2.32. The van der Waals surface area contributed by atoms with Crippen LogP contribution < -0.4 is 0 Å². The topological polar surface area (TPSA) is 21.6 Å². The molecule has 0 aromatic heterocycles. The number of hydrogen-bond acceptors (Lipinski definition) is 2. The Morgan fingerprint density at radius 2 is 2.55 bits per heavy atom. The van der Waals surface area contributed by atoms with Crippen molar-refractivity contribution in [2.45, 2.75) is 0 Å². The van der Waals surface area contributed by atoms with E-state index < -0.39 is 0 Å². The Morgan fingerprint density at radius 3 is 3.18 bits per heavy atom. The molecule has 0 amide bonds. The highest BCUT2D eigenvalue weighted by Gasteiger charge is 1.88. The Bertz CT molecular complexity index is 260. The standard InChI is InChI=1S/C8H7ClNO/c1-11-10-6-7-3-2-4-8(9)5-7/h2,4-6H,1H3. The molecule has 0 atom stereocenters. The van der Waals surface area contributed by atoms with E-state index >= 15 is 0 Å². The van der Waals surface area contributed by atoms with Gasteiger partial charge < -0.3 is 4.84 Å². The Hall–Kier alpha value is -1.02. The SMILES string of the molecule is CON=Cc1[c]ccc(Cl)c1. The van der Waals surface area contributed by atoms with E-state index in [1.165, 1.54) is 7.11 Å². The first-order valence-electron chi connectivity index (χ1n) is 3.06. The molecule has 0 spiro atoms. The van der Waals surface area contributed by atoms with Crippen LogP contribution in [0.1, 0.15) is 5.56 Å². The largest absolute Gasteiger partial charge is 0.399 e. The first kappa shape index (κ1) is 8.08. The van der Waals surface area contributed by atoms with Crippen LogP contribution in [0, 0.1) is 6.07 Å². The molecule has 0 aliphatic rings. The fourth-order valence-electron chi connectivity index (χ4n) is 0.640. The molecule has 57 valence electrons.